The molecule has 0 spiro atoms. The van der Waals surface area contributed by atoms with Gasteiger partial charge in [-0.3, -0.25) is 9.78 Å². The predicted molar refractivity (Wildman–Crippen MR) is 90.3 cm³/mol. The number of aromatic nitrogens is 1. The van der Waals surface area contributed by atoms with Crippen LogP contribution in [0, 0.1) is 0 Å². The van der Waals surface area contributed by atoms with Crippen molar-refractivity contribution in [3.63, 3.8) is 0 Å². The first-order valence-corrected chi connectivity index (χ1v) is 7.39. The Bertz CT molecular complexity index is 990. The average molecular weight is 302 g/mol. The van der Waals surface area contributed by atoms with Crippen molar-refractivity contribution in [2.24, 2.45) is 0 Å². The summed E-state index contributed by atoms with van der Waals surface area (Å²) in [5.41, 5.74) is 2.38. The molecule has 0 atom stereocenters. The van der Waals surface area contributed by atoms with Gasteiger partial charge in [-0.1, -0.05) is 30.3 Å². The molecule has 1 N–H and O–H groups in total. The lowest BCUT2D eigenvalue weighted by Gasteiger charge is -2.04. The van der Waals surface area contributed by atoms with Gasteiger partial charge in [0.1, 0.15) is 5.58 Å². The molecular formula is C19H14N2O2. The number of hydrogen-bond acceptors (Lipinski definition) is 3. The van der Waals surface area contributed by atoms with Crippen molar-refractivity contribution >= 4 is 33.3 Å². The summed E-state index contributed by atoms with van der Waals surface area (Å²) in [4.78, 5) is 16.3. The Hall–Kier alpha value is -3.14. The van der Waals surface area contributed by atoms with Crippen LogP contribution in [-0.2, 0) is 11.2 Å². The van der Waals surface area contributed by atoms with Crippen LogP contribution in [-0.4, -0.2) is 10.9 Å². The highest BCUT2D eigenvalue weighted by Gasteiger charge is 2.13. The van der Waals surface area contributed by atoms with Crippen LogP contribution in [0.15, 0.2) is 71.6 Å². The zero-order valence-electron chi connectivity index (χ0n) is 12.3. The molecular weight excluding hydrogens is 288 g/mol. The fraction of sp³-hybridized carbons (Fsp3) is 0.0526. The predicted octanol–water partition coefficient (Wildman–Crippen LogP) is 4.16. The fourth-order valence-corrected chi connectivity index (χ4v) is 2.82. The number of carbonyl (C=O) groups is 1. The Kier molecular flexibility index (Phi) is 3.27. The van der Waals surface area contributed by atoms with Gasteiger partial charge in [0.05, 0.1) is 24.6 Å². The standard InChI is InChI=1S/C19H14N2O2/c22-18(21-15-5-3-9-20-11-15)10-14-12-23-17-8-7-13-4-1-2-6-16(13)19(14)17/h1-9,11-12H,10H2,(H,21,22). The summed E-state index contributed by atoms with van der Waals surface area (Å²) in [6.45, 7) is 0. The Labute approximate surface area is 132 Å². The van der Waals surface area contributed by atoms with Crippen LogP contribution in [0.3, 0.4) is 0 Å². The summed E-state index contributed by atoms with van der Waals surface area (Å²) in [6.07, 6.45) is 5.22. The first kappa shape index (κ1) is 13.5. The summed E-state index contributed by atoms with van der Waals surface area (Å²) in [7, 11) is 0. The molecule has 4 nitrogen and oxygen atoms in total. The van der Waals surface area contributed by atoms with Crippen LogP contribution in [0.4, 0.5) is 5.69 Å². The lowest BCUT2D eigenvalue weighted by atomic mass is 10.0. The second kappa shape index (κ2) is 5.57. The van der Waals surface area contributed by atoms with E-state index >= 15 is 0 Å². The minimum Gasteiger partial charge on any atom is -0.464 e. The van der Waals surface area contributed by atoms with E-state index in [0.717, 1.165) is 27.3 Å². The van der Waals surface area contributed by atoms with Gasteiger partial charge in [-0.2, -0.15) is 0 Å². The molecule has 4 heteroatoms. The third kappa shape index (κ3) is 2.55. The van der Waals surface area contributed by atoms with Crippen LogP contribution in [0.1, 0.15) is 5.56 Å². The van der Waals surface area contributed by atoms with Gasteiger partial charge >= 0.3 is 0 Å². The normalized spacial score (nSPS) is 11.0. The summed E-state index contributed by atoms with van der Waals surface area (Å²) >= 11 is 0. The lowest BCUT2D eigenvalue weighted by molar-refractivity contribution is -0.115. The molecule has 0 saturated heterocycles. The van der Waals surface area contributed by atoms with E-state index in [9.17, 15) is 4.79 Å². The molecule has 2 heterocycles. The Morgan fingerprint density at radius 1 is 1.09 bits per heavy atom. The number of furan rings is 1. The molecule has 112 valence electrons. The third-order valence-corrected chi connectivity index (χ3v) is 3.84. The molecule has 23 heavy (non-hydrogen) atoms. The third-order valence-electron chi connectivity index (χ3n) is 3.84. The van der Waals surface area contributed by atoms with E-state index < -0.39 is 0 Å². The monoisotopic (exact) mass is 302 g/mol. The van der Waals surface area contributed by atoms with Crippen molar-refractivity contribution in [2.75, 3.05) is 5.32 Å². The second-order valence-corrected chi connectivity index (χ2v) is 5.39. The number of fused-ring (bicyclic) bond motifs is 3. The number of nitrogens with one attached hydrogen (secondary N) is 1. The van der Waals surface area contributed by atoms with E-state index in [0.29, 0.717) is 5.69 Å². The lowest BCUT2D eigenvalue weighted by Crippen LogP contribution is -2.14. The topological polar surface area (TPSA) is 55.1 Å². The molecule has 2 aromatic carbocycles. The van der Waals surface area contributed by atoms with Crippen LogP contribution in [0.2, 0.25) is 0 Å². The highest BCUT2D eigenvalue weighted by atomic mass is 16.3. The highest BCUT2D eigenvalue weighted by molar-refractivity contribution is 6.09. The van der Waals surface area contributed by atoms with E-state index in [-0.39, 0.29) is 12.3 Å². The average Bonchev–Trinajstić information content (AvgIpc) is 2.99. The van der Waals surface area contributed by atoms with E-state index in [4.69, 9.17) is 4.42 Å². The van der Waals surface area contributed by atoms with Crippen molar-refractivity contribution in [3.8, 4) is 0 Å². The molecule has 0 radical (unpaired) electrons. The molecule has 0 fully saturated rings. The van der Waals surface area contributed by atoms with Gasteiger partial charge in [-0.25, -0.2) is 0 Å². The maximum Gasteiger partial charge on any atom is 0.228 e. The number of benzene rings is 2. The molecule has 0 aliphatic rings. The largest absolute Gasteiger partial charge is 0.464 e. The quantitative estimate of drug-likeness (QED) is 0.618. The van der Waals surface area contributed by atoms with Crippen molar-refractivity contribution in [2.45, 2.75) is 6.42 Å². The first-order valence-electron chi connectivity index (χ1n) is 7.39. The van der Waals surface area contributed by atoms with Crippen LogP contribution in [0.25, 0.3) is 21.7 Å². The molecule has 0 bridgehead atoms. The fourth-order valence-electron chi connectivity index (χ4n) is 2.82. The number of rotatable bonds is 3. The van der Waals surface area contributed by atoms with Gasteiger partial charge in [0.15, 0.2) is 0 Å². The number of anilines is 1. The minimum atomic E-state index is -0.0892. The van der Waals surface area contributed by atoms with Gasteiger partial charge in [0, 0.05) is 17.1 Å². The Morgan fingerprint density at radius 2 is 2.00 bits per heavy atom. The van der Waals surface area contributed by atoms with Crippen LogP contribution >= 0.6 is 0 Å². The zero-order valence-corrected chi connectivity index (χ0v) is 12.3. The van der Waals surface area contributed by atoms with Crippen molar-refractivity contribution < 1.29 is 9.21 Å². The Balaban J connectivity index is 1.69. The second-order valence-electron chi connectivity index (χ2n) is 5.39. The van der Waals surface area contributed by atoms with Gasteiger partial charge in [0.25, 0.3) is 0 Å². The van der Waals surface area contributed by atoms with Crippen LogP contribution < -0.4 is 5.32 Å². The maximum absolute atomic E-state index is 12.3. The first-order chi connectivity index (χ1) is 11.3. The number of amides is 1. The molecule has 0 saturated carbocycles. The van der Waals surface area contributed by atoms with Gasteiger partial charge in [-0.15, -0.1) is 0 Å². The van der Waals surface area contributed by atoms with Gasteiger partial charge in [-0.05, 0) is 29.0 Å². The van der Waals surface area contributed by atoms with Gasteiger partial charge in [0.2, 0.25) is 5.91 Å². The van der Waals surface area contributed by atoms with Gasteiger partial charge < -0.3 is 9.73 Å². The van der Waals surface area contributed by atoms with Crippen molar-refractivity contribution in [3.05, 3.63) is 72.8 Å². The number of hydrogen-bond donors (Lipinski definition) is 1. The smallest absolute Gasteiger partial charge is 0.228 e. The van der Waals surface area contributed by atoms with E-state index in [1.807, 2.05) is 30.3 Å². The highest BCUT2D eigenvalue weighted by Crippen LogP contribution is 2.30. The van der Waals surface area contributed by atoms with E-state index in [2.05, 4.69) is 22.4 Å². The minimum absolute atomic E-state index is 0.0892. The summed E-state index contributed by atoms with van der Waals surface area (Å²) in [5.74, 6) is -0.0892. The molecule has 2 aromatic heterocycles. The number of nitrogens with zero attached hydrogens (tertiary/aromatic N) is 1. The molecule has 0 aliphatic carbocycles. The number of pyridine rings is 1. The summed E-state index contributed by atoms with van der Waals surface area (Å²) in [6, 6.07) is 15.7. The molecule has 0 aliphatic heterocycles. The molecule has 0 unspecified atom stereocenters. The van der Waals surface area contributed by atoms with Crippen molar-refractivity contribution in [1.82, 2.24) is 4.98 Å². The summed E-state index contributed by atoms with van der Waals surface area (Å²) in [5, 5.41) is 6.09. The zero-order chi connectivity index (χ0) is 15.6. The van der Waals surface area contributed by atoms with Crippen molar-refractivity contribution in [1.29, 1.82) is 0 Å². The van der Waals surface area contributed by atoms with E-state index in [1.165, 1.54) is 0 Å². The SMILES string of the molecule is O=C(Cc1coc2ccc3ccccc3c12)Nc1cccnc1. The van der Waals surface area contributed by atoms with E-state index in [1.54, 1.807) is 24.7 Å². The van der Waals surface area contributed by atoms with Crippen LogP contribution in [0.5, 0.6) is 0 Å². The molecule has 4 rings (SSSR count). The molecule has 4 aromatic rings. The summed E-state index contributed by atoms with van der Waals surface area (Å²) < 4.78 is 5.62. The number of carbonyl (C=O) groups excluding carboxylic acids is 1. The maximum atomic E-state index is 12.3. The molecule has 1 amide bonds. The Morgan fingerprint density at radius 3 is 2.87 bits per heavy atom.